The van der Waals surface area contributed by atoms with Crippen molar-refractivity contribution in [1.29, 1.82) is 0 Å². The van der Waals surface area contributed by atoms with E-state index in [1.54, 1.807) is 24.3 Å². The molecule has 0 spiro atoms. The molecule has 0 heterocycles. The monoisotopic (exact) mass is 405 g/mol. The predicted octanol–water partition coefficient (Wildman–Crippen LogP) is 3.88. The van der Waals surface area contributed by atoms with Crippen molar-refractivity contribution in [1.82, 2.24) is 10.9 Å². The number of hydrogen-bond donors (Lipinski definition) is 2. The Morgan fingerprint density at radius 3 is 2.10 bits per heavy atom. The van der Waals surface area contributed by atoms with E-state index in [9.17, 15) is 19.7 Å². The first-order valence-corrected chi connectivity index (χ1v) is 9.15. The zero-order valence-corrected chi connectivity index (χ0v) is 15.9. The van der Waals surface area contributed by atoms with Gasteiger partial charge in [0, 0.05) is 24.1 Å². The van der Waals surface area contributed by atoms with Crippen molar-refractivity contribution in [3.05, 3.63) is 100 Å². The highest BCUT2D eigenvalue weighted by molar-refractivity contribution is 5.95. The third kappa shape index (κ3) is 5.65. The number of carbonyl (C=O) groups is 2. The summed E-state index contributed by atoms with van der Waals surface area (Å²) in [6.07, 6.45) is -0.411. The largest absolute Gasteiger partial charge is 0.448 e. The van der Waals surface area contributed by atoms with Crippen LogP contribution in [-0.2, 0) is 11.2 Å². The number of nitrogens with one attached hydrogen (secondary N) is 2. The topological polar surface area (TPSA) is 111 Å². The number of rotatable bonds is 6. The number of hydrogen-bond acceptors (Lipinski definition) is 5. The smallest absolute Gasteiger partial charge is 0.426 e. The van der Waals surface area contributed by atoms with E-state index in [1.165, 1.54) is 12.1 Å². The van der Waals surface area contributed by atoms with Gasteiger partial charge in [-0.15, -0.1) is 0 Å². The molecule has 0 bridgehead atoms. The van der Waals surface area contributed by atoms with Gasteiger partial charge in [0.25, 0.3) is 11.6 Å². The number of ether oxygens (including phenoxy) is 1. The summed E-state index contributed by atoms with van der Waals surface area (Å²) in [4.78, 5) is 34.0. The first kappa shape index (κ1) is 20.5. The highest BCUT2D eigenvalue weighted by Crippen LogP contribution is 2.19. The molecule has 0 saturated carbocycles. The van der Waals surface area contributed by atoms with E-state index in [4.69, 9.17) is 4.74 Å². The molecule has 3 rings (SSSR count). The third-order valence-electron chi connectivity index (χ3n) is 4.30. The van der Waals surface area contributed by atoms with Crippen LogP contribution < -0.4 is 10.9 Å². The number of hydrazine groups is 1. The zero-order valence-electron chi connectivity index (χ0n) is 15.9. The standard InChI is InChI=1S/C22H19N3O5/c26-21(19-10-8-18(9-11-19)17-4-2-1-3-5-17)23-24-22(27)30-15-14-16-6-12-20(13-7-16)25(28)29/h1-13H,14-15H2,(H,23,26)(H,24,27). The Morgan fingerprint density at radius 1 is 0.833 bits per heavy atom. The fourth-order valence-electron chi connectivity index (χ4n) is 2.71. The minimum atomic E-state index is -0.800. The van der Waals surface area contributed by atoms with E-state index in [0.717, 1.165) is 16.7 Å². The van der Waals surface area contributed by atoms with Crippen LogP contribution in [0.5, 0.6) is 0 Å². The molecular weight excluding hydrogens is 386 g/mol. The Labute approximate surface area is 172 Å². The summed E-state index contributed by atoms with van der Waals surface area (Å²) >= 11 is 0. The third-order valence-corrected chi connectivity index (χ3v) is 4.30. The Bertz CT molecular complexity index is 1020. The highest BCUT2D eigenvalue weighted by atomic mass is 16.6. The molecule has 3 aromatic rings. The van der Waals surface area contributed by atoms with Crippen LogP contribution in [0, 0.1) is 10.1 Å². The molecule has 8 nitrogen and oxygen atoms in total. The first-order chi connectivity index (χ1) is 14.5. The van der Waals surface area contributed by atoms with Crippen LogP contribution in [0.2, 0.25) is 0 Å². The van der Waals surface area contributed by atoms with E-state index in [0.29, 0.717) is 12.0 Å². The fourth-order valence-corrected chi connectivity index (χ4v) is 2.71. The van der Waals surface area contributed by atoms with Crippen molar-refractivity contribution in [2.24, 2.45) is 0 Å². The molecule has 0 saturated heterocycles. The van der Waals surface area contributed by atoms with Crippen LogP contribution in [0.15, 0.2) is 78.9 Å². The lowest BCUT2D eigenvalue weighted by Crippen LogP contribution is -2.42. The molecule has 0 aliphatic heterocycles. The summed E-state index contributed by atoms with van der Waals surface area (Å²) in [6.45, 7) is 0.0608. The maximum absolute atomic E-state index is 12.1. The van der Waals surface area contributed by atoms with Crippen LogP contribution in [-0.4, -0.2) is 23.5 Å². The van der Waals surface area contributed by atoms with Crippen LogP contribution in [0.3, 0.4) is 0 Å². The van der Waals surface area contributed by atoms with E-state index in [-0.39, 0.29) is 12.3 Å². The molecule has 0 atom stereocenters. The Morgan fingerprint density at radius 2 is 1.47 bits per heavy atom. The minimum absolute atomic E-state index is 0.00285. The molecular formula is C22H19N3O5. The summed E-state index contributed by atoms with van der Waals surface area (Å²) < 4.78 is 4.99. The molecule has 8 heteroatoms. The highest BCUT2D eigenvalue weighted by Gasteiger charge is 2.09. The van der Waals surface area contributed by atoms with Crippen molar-refractivity contribution in [2.45, 2.75) is 6.42 Å². The summed E-state index contributed by atoms with van der Waals surface area (Å²) in [6, 6.07) is 22.7. The number of carbonyl (C=O) groups excluding carboxylic acids is 2. The number of nitro benzene ring substituents is 1. The summed E-state index contributed by atoms with van der Waals surface area (Å²) in [5, 5.41) is 10.6. The van der Waals surface area contributed by atoms with Crippen LogP contribution in [0.4, 0.5) is 10.5 Å². The second-order valence-corrected chi connectivity index (χ2v) is 6.33. The van der Waals surface area contributed by atoms with E-state index < -0.39 is 16.9 Å². The molecule has 0 aliphatic rings. The van der Waals surface area contributed by atoms with Gasteiger partial charge in [0.1, 0.15) is 0 Å². The lowest BCUT2D eigenvalue weighted by molar-refractivity contribution is -0.384. The maximum Gasteiger partial charge on any atom is 0.426 e. The quantitative estimate of drug-likeness (QED) is 0.478. The molecule has 152 valence electrons. The van der Waals surface area contributed by atoms with Crippen LogP contribution in [0.25, 0.3) is 11.1 Å². The molecule has 30 heavy (non-hydrogen) atoms. The van der Waals surface area contributed by atoms with E-state index >= 15 is 0 Å². The molecule has 0 radical (unpaired) electrons. The predicted molar refractivity (Wildman–Crippen MR) is 111 cm³/mol. The Balaban J connectivity index is 1.42. The minimum Gasteiger partial charge on any atom is -0.448 e. The van der Waals surface area contributed by atoms with Gasteiger partial charge in [-0.3, -0.25) is 20.3 Å². The van der Waals surface area contributed by atoms with Crippen molar-refractivity contribution in [3.63, 3.8) is 0 Å². The van der Waals surface area contributed by atoms with Gasteiger partial charge >= 0.3 is 6.09 Å². The second-order valence-electron chi connectivity index (χ2n) is 6.33. The Hall–Kier alpha value is -4.20. The van der Waals surface area contributed by atoms with Gasteiger partial charge in [-0.25, -0.2) is 10.2 Å². The van der Waals surface area contributed by atoms with Gasteiger partial charge in [0.05, 0.1) is 11.5 Å². The fraction of sp³-hybridized carbons (Fsp3) is 0.0909. The second kappa shape index (κ2) is 9.83. The molecule has 0 aromatic heterocycles. The average Bonchev–Trinajstić information content (AvgIpc) is 2.78. The SMILES string of the molecule is O=C(NNC(=O)c1ccc(-c2ccccc2)cc1)OCCc1ccc([N+](=O)[O-])cc1. The lowest BCUT2D eigenvalue weighted by atomic mass is 10.0. The van der Waals surface area contributed by atoms with Crippen molar-refractivity contribution >= 4 is 17.7 Å². The summed E-state index contributed by atoms with van der Waals surface area (Å²) in [5.41, 5.74) is 7.67. The van der Waals surface area contributed by atoms with Crippen molar-refractivity contribution < 1.29 is 19.2 Å². The molecule has 0 fully saturated rings. The average molecular weight is 405 g/mol. The van der Waals surface area contributed by atoms with Crippen molar-refractivity contribution in [3.8, 4) is 11.1 Å². The summed E-state index contributed by atoms with van der Waals surface area (Å²) in [5.74, 6) is -0.470. The molecule has 2 amide bonds. The van der Waals surface area contributed by atoms with Gasteiger partial charge in [-0.1, -0.05) is 54.6 Å². The number of non-ortho nitro benzene ring substituents is 1. The molecule has 0 unspecified atom stereocenters. The number of nitrogens with zero attached hydrogens (tertiary/aromatic N) is 1. The zero-order chi connectivity index (χ0) is 21.3. The number of nitro groups is 1. The van der Waals surface area contributed by atoms with Crippen molar-refractivity contribution in [2.75, 3.05) is 6.61 Å². The van der Waals surface area contributed by atoms with Gasteiger partial charge in [0.2, 0.25) is 0 Å². The van der Waals surface area contributed by atoms with Crippen LogP contribution >= 0.6 is 0 Å². The normalized spacial score (nSPS) is 10.1. The first-order valence-electron chi connectivity index (χ1n) is 9.15. The maximum atomic E-state index is 12.1. The lowest BCUT2D eigenvalue weighted by Gasteiger charge is -2.09. The van der Waals surface area contributed by atoms with E-state index in [1.807, 2.05) is 42.5 Å². The van der Waals surface area contributed by atoms with Gasteiger partial charge in [0.15, 0.2) is 0 Å². The van der Waals surface area contributed by atoms with Gasteiger partial charge < -0.3 is 4.74 Å². The van der Waals surface area contributed by atoms with E-state index in [2.05, 4.69) is 10.9 Å². The summed E-state index contributed by atoms with van der Waals surface area (Å²) in [7, 11) is 0. The Kier molecular flexibility index (Phi) is 6.73. The van der Waals surface area contributed by atoms with Crippen LogP contribution in [0.1, 0.15) is 15.9 Å². The molecule has 2 N–H and O–H groups in total. The van der Waals surface area contributed by atoms with Gasteiger partial charge in [-0.05, 0) is 28.8 Å². The molecule has 0 aliphatic carbocycles. The number of benzene rings is 3. The number of amides is 2. The van der Waals surface area contributed by atoms with Gasteiger partial charge in [-0.2, -0.15) is 0 Å². The molecule has 3 aromatic carbocycles.